The highest BCUT2D eigenvalue weighted by Crippen LogP contribution is 2.44. The molecule has 5 heteroatoms. The van der Waals surface area contributed by atoms with Crippen LogP contribution in [0.3, 0.4) is 0 Å². The van der Waals surface area contributed by atoms with Gasteiger partial charge in [0.15, 0.2) is 5.78 Å². The average molecular weight is 441 g/mol. The molecule has 0 atom stereocenters. The fourth-order valence-electron chi connectivity index (χ4n) is 4.56. The van der Waals surface area contributed by atoms with Crippen molar-refractivity contribution in [2.75, 3.05) is 12.5 Å². The zero-order valence-electron chi connectivity index (χ0n) is 19.6. The second kappa shape index (κ2) is 9.15. The van der Waals surface area contributed by atoms with E-state index in [1.54, 1.807) is 23.4 Å². The summed E-state index contributed by atoms with van der Waals surface area (Å²) in [6, 6.07) is 12.2. The van der Waals surface area contributed by atoms with Crippen LogP contribution in [-0.2, 0) is 20.7 Å². The predicted octanol–water partition coefficient (Wildman–Crippen LogP) is 5.25. The van der Waals surface area contributed by atoms with E-state index < -0.39 is 14.9 Å². The van der Waals surface area contributed by atoms with Crippen LogP contribution in [0.15, 0.2) is 54.9 Å². The molecule has 4 nitrogen and oxygen atoms in total. The lowest BCUT2D eigenvalue weighted by molar-refractivity contribution is -0.121. The van der Waals surface area contributed by atoms with E-state index in [0.29, 0.717) is 10.6 Å². The van der Waals surface area contributed by atoms with Crippen LogP contribution in [0.4, 0.5) is 0 Å². The summed E-state index contributed by atoms with van der Waals surface area (Å²) in [6.45, 7) is 6.27. The number of aromatic nitrogens is 2. The van der Waals surface area contributed by atoms with Crippen molar-refractivity contribution in [1.29, 1.82) is 0 Å². The zero-order valence-corrected chi connectivity index (χ0v) is 20.4. The van der Waals surface area contributed by atoms with Gasteiger partial charge in [-0.2, -0.15) is 5.10 Å². The molecular formula is C26H36N2O2S. The third-order valence-corrected chi connectivity index (χ3v) is 7.41. The van der Waals surface area contributed by atoms with Crippen molar-refractivity contribution in [2.24, 2.45) is 10.8 Å². The predicted molar refractivity (Wildman–Crippen MR) is 132 cm³/mol. The van der Waals surface area contributed by atoms with Crippen LogP contribution in [0.5, 0.6) is 0 Å². The summed E-state index contributed by atoms with van der Waals surface area (Å²) in [7, 11) is -2.53. The van der Waals surface area contributed by atoms with E-state index in [-0.39, 0.29) is 11.2 Å². The average Bonchev–Trinajstić information content (AvgIpc) is 3.37. The van der Waals surface area contributed by atoms with Crippen molar-refractivity contribution >= 4 is 25.9 Å². The molecule has 1 saturated carbocycles. The van der Waals surface area contributed by atoms with Crippen molar-refractivity contribution in [3.63, 3.8) is 0 Å². The number of carbonyl (C=O) groups is 1. The Balaban J connectivity index is 2.08. The number of ketones is 1. The monoisotopic (exact) mass is 440 g/mol. The van der Waals surface area contributed by atoms with Crippen molar-refractivity contribution in [1.82, 2.24) is 9.78 Å². The maximum Gasteiger partial charge on any atom is 0.179 e. The molecule has 1 aliphatic rings. The maximum atomic E-state index is 14.3. The van der Waals surface area contributed by atoms with E-state index in [0.717, 1.165) is 38.5 Å². The normalized spacial score (nSPS) is 17.0. The molecule has 168 valence electrons. The van der Waals surface area contributed by atoms with Crippen molar-refractivity contribution < 1.29 is 9.00 Å². The van der Waals surface area contributed by atoms with Crippen LogP contribution in [0, 0.1) is 10.8 Å². The first kappa shape index (κ1) is 23.5. The van der Waals surface area contributed by atoms with Gasteiger partial charge in [0, 0.05) is 30.3 Å². The first-order valence-electron chi connectivity index (χ1n) is 11.2. The van der Waals surface area contributed by atoms with Crippen LogP contribution >= 0.6 is 0 Å². The number of benzene rings is 1. The minimum atomic E-state index is -2.53. The lowest BCUT2D eigenvalue weighted by Crippen LogP contribution is -2.39. The molecule has 1 heterocycles. The number of hydrogen-bond donors (Lipinski definition) is 0. The van der Waals surface area contributed by atoms with Crippen LogP contribution in [0.25, 0.3) is 5.70 Å². The third kappa shape index (κ3) is 5.76. The lowest BCUT2D eigenvalue weighted by Gasteiger charge is -2.31. The molecule has 0 N–H and O–H groups in total. The molecule has 1 aliphatic carbocycles. The molecule has 1 aromatic carbocycles. The summed E-state index contributed by atoms with van der Waals surface area (Å²) in [5, 5.41) is 4.41. The zero-order chi connectivity index (χ0) is 22.7. The summed E-state index contributed by atoms with van der Waals surface area (Å²) in [5.41, 5.74) is 1.27. The molecule has 1 fully saturated rings. The van der Waals surface area contributed by atoms with Gasteiger partial charge in [0.2, 0.25) is 0 Å². The smallest absolute Gasteiger partial charge is 0.179 e. The summed E-state index contributed by atoms with van der Waals surface area (Å²) in [4.78, 5) is 14.7. The van der Waals surface area contributed by atoms with E-state index in [4.69, 9.17) is 0 Å². The minimum absolute atomic E-state index is 0.0573. The van der Waals surface area contributed by atoms with Crippen LogP contribution in [0.1, 0.15) is 58.4 Å². The molecule has 3 rings (SSSR count). The highest BCUT2D eigenvalue weighted by molar-refractivity contribution is 8.03. The Morgan fingerprint density at radius 2 is 1.77 bits per heavy atom. The van der Waals surface area contributed by atoms with Crippen LogP contribution < -0.4 is 0 Å². The van der Waals surface area contributed by atoms with E-state index in [1.807, 2.05) is 36.5 Å². The fraction of sp³-hybridized carbons (Fsp3) is 0.500. The molecule has 0 unspecified atom stereocenters. The van der Waals surface area contributed by atoms with Crippen molar-refractivity contribution in [3.05, 3.63) is 60.4 Å². The Labute approximate surface area is 187 Å². The van der Waals surface area contributed by atoms with Crippen molar-refractivity contribution in [2.45, 2.75) is 59.3 Å². The highest BCUT2D eigenvalue weighted by atomic mass is 32.2. The van der Waals surface area contributed by atoms with Gasteiger partial charge >= 0.3 is 0 Å². The van der Waals surface area contributed by atoms with Gasteiger partial charge in [-0.3, -0.25) is 9.00 Å². The van der Waals surface area contributed by atoms with E-state index in [9.17, 15) is 9.00 Å². The van der Waals surface area contributed by atoms with Gasteiger partial charge in [0.05, 0.1) is 10.6 Å². The SMILES string of the molecule is CC(C)(C)/C=C(\C(C(=O)C1(CCc2ccccc2)CCCC1)=S(C)(C)=O)n1cccn1. The van der Waals surface area contributed by atoms with E-state index in [2.05, 4.69) is 38.0 Å². The van der Waals surface area contributed by atoms with Gasteiger partial charge in [-0.15, -0.1) is 0 Å². The number of Topliss-reactive ketones (excluding diaryl/α,β-unsaturated/α-hetero) is 1. The molecular weight excluding hydrogens is 404 g/mol. The van der Waals surface area contributed by atoms with E-state index in [1.165, 1.54) is 5.56 Å². The molecule has 31 heavy (non-hydrogen) atoms. The van der Waals surface area contributed by atoms with Gasteiger partial charge in [-0.05, 0) is 52.2 Å². The standard InChI is InChI=1S/C26H36N2O2S/c1-25(2,3)20-22(28-19-11-18-27-28)23(31(4,5)30)24(29)26(15-9-10-16-26)17-14-21-12-7-6-8-13-21/h6-8,11-13,18-20H,9-10,14-17H2,1-5H3/b22-20+. The molecule has 0 bridgehead atoms. The van der Waals surface area contributed by atoms with Gasteiger partial charge in [-0.1, -0.05) is 70.0 Å². The van der Waals surface area contributed by atoms with Crippen LogP contribution in [0.2, 0.25) is 0 Å². The number of aryl methyl sites for hydroxylation is 1. The summed E-state index contributed by atoms with van der Waals surface area (Å²) >= 11 is 0. The quantitative estimate of drug-likeness (QED) is 0.436. The summed E-state index contributed by atoms with van der Waals surface area (Å²) in [6.07, 6.45) is 14.4. The molecule has 0 aliphatic heterocycles. The summed E-state index contributed by atoms with van der Waals surface area (Å²) < 4.78 is 15.3. The number of carbonyl (C=O) groups excluding carboxylic acids is 1. The highest BCUT2D eigenvalue weighted by Gasteiger charge is 2.44. The molecule has 0 amide bonds. The Morgan fingerprint density at radius 1 is 1.13 bits per heavy atom. The molecule has 1 aromatic heterocycles. The topological polar surface area (TPSA) is 52.0 Å². The van der Waals surface area contributed by atoms with E-state index >= 15 is 0 Å². The lowest BCUT2D eigenvalue weighted by atomic mass is 9.75. The fourth-order valence-corrected chi connectivity index (χ4v) is 5.88. The largest absolute Gasteiger partial charge is 0.293 e. The number of allylic oxidation sites excluding steroid dienone is 2. The van der Waals surface area contributed by atoms with Gasteiger partial charge < -0.3 is 0 Å². The molecule has 2 aromatic rings. The Kier molecular flexibility index (Phi) is 6.95. The number of rotatable bonds is 7. The first-order chi connectivity index (χ1) is 14.5. The second-order valence-corrected chi connectivity index (χ2v) is 13.1. The minimum Gasteiger partial charge on any atom is -0.293 e. The third-order valence-electron chi connectivity index (χ3n) is 6.03. The Hall–Kier alpha value is -2.14. The van der Waals surface area contributed by atoms with Crippen molar-refractivity contribution in [3.8, 4) is 0 Å². The Morgan fingerprint density at radius 3 is 2.29 bits per heavy atom. The van der Waals surface area contributed by atoms with Gasteiger partial charge in [0.25, 0.3) is 0 Å². The Bertz CT molecular complexity index is 1040. The molecule has 0 spiro atoms. The second-order valence-electron chi connectivity index (χ2n) is 10.2. The summed E-state index contributed by atoms with van der Waals surface area (Å²) in [5.74, 6) is 0.0573. The van der Waals surface area contributed by atoms with Gasteiger partial charge in [0.1, 0.15) is 0 Å². The van der Waals surface area contributed by atoms with Crippen LogP contribution in [-0.4, -0.2) is 37.1 Å². The van der Waals surface area contributed by atoms with Gasteiger partial charge in [-0.25, -0.2) is 4.68 Å². The first-order valence-corrected chi connectivity index (χ1v) is 13.5. The molecule has 0 radical (unpaired) electrons. The maximum absolute atomic E-state index is 14.3. The number of hydrogen-bond acceptors (Lipinski definition) is 3. The number of nitrogens with zero attached hydrogens (tertiary/aromatic N) is 2. The molecule has 0 saturated heterocycles.